The lowest BCUT2D eigenvalue weighted by atomic mass is 9.98. The molecule has 1 unspecified atom stereocenters. The van der Waals surface area contributed by atoms with E-state index in [-0.39, 0.29) is 11.9 Å². The predicted molar refractivity (Wildman–Crippen MR) is 99.6 cm³/mol. The summed E-state index contributed by atoms with van der Waals surface area (Å²) >= 11 is 0. The first-order valence-electron chi connectivity index (χ1n) is 9.90. The van der Waals surface area contributed by atoms with Crippen molar-refractivity contribution in [1.82, 2.24) is 5.32 Å². The van der Waals surface area contributed by atoms with E-state index in [2.05, 4.69) is 19.2 Å². The molecule has 0 saturated heterocycles. The van der Waals surface area contributed by atoms with Crippen LogP contribution in [0.2, 0.25) is 0 Å². The molecule has 0 aliphatic heterocycles. The van der Waals surface area contributed by atoms with Gasteiger partial charge in [0.15, 0.2) is 0 Å². The Kier molecular flexibility index (Phi) is 13.5. The fourth-order valence-corrected chi connectivity index (χ4v) is 2.80. The van der Waals surface area contributed by atoms with Crippen molar-refractivity contribution in [3.05, 3.63) is 0 Å². The molecule has 0 aromatic rings. The average Bonchev–Trinajstić information content (AvgIpc) is 2.49. The minimum absolute atomic E-state index is 0.176. The molecule has 0 aromatic heterocycles. The molecule has 0 rings (SSSR count). The summed E-state index contributed by atoms with van der Waals surface area (Å²) in [6, 6.07) is 0.201. The van der Waals surface area contributed by atoms with Crippen molar-refractivity contribution in [2.24, 2.45) is 0 Å². The number of unbranched alkanes of at least 4 members (excludes halogenated alkanes) is 8. The number of nitrogens with one attached hydrogen (secondary N) is 1. The van der Waals surface area contributed by atoms with E-state index in [1.165, 1.54) is 51.4 Å². The van der Waals surface area contributed by atoms with E-state index in [0.717, 1.165) is 25.7 Å². The van der Waals surface area contributed by atoms with Gasteiger partial charge in [-0.3, -0.25) is 4.79 Å². The summed E-state index contributed by atoms with van der Waals surface area (Å²) in [4.78, 5) is 12.0. The minimum atomic E-state index is -0.644. The smallest absolute Gasteiger partial charge is 0.220 e. The summed E-state index contributed by atoms with van der Waals surface area (Å²) in [6.45, 7) is 7.99. The van der Waals surface area contributed by atoms with E-state index in [9.17, 15) is 9.90 Å². The molecule has 0 heterocycles. The minimum Gasteiger partial charge on any atom is -0.390 e. The SMILES string of the molecule is CCCCCCCCCCCC(=O)NC(CC)CCC(C)(C)O. The molecule has 0 bridgehead atoms. The maximum Gasteiger partial charge on any atom is 0.220 e. The van der Waals surface area contributed by atoms with Crippen LogP contribution in [-0.2, 0) is 4.79 Å². The lowest BCUT2D eigenvalue weighted by molar-refractivity contribution is -0.122. The Labute approximate surface area is 144 Å². The molecule has 0 spiro atoms. The lowest BCUT2D eigenvalue weighted by Crippen LogP contribution is -2.35. The zero-order valence-electron chi connectivity index (χ0n) is 16.1. The molecule has 0 fully saturated rings. The van der Waals surface area contributed by atoms with E-state index >= 15 is 0 Å². The Morgan fingerprint density at radius 2 is 1.48 bits per heavy atom. The molecule has 0 aliphatic rings. The van der Waals surface area contributed by atoms with Crippen molar-refractivity contribution in [2.45, 2.75) is 123 Å². The monoisotopic (exact) mass is 327 g/mol. The Hall–Kier alpha value is -0.570. The quantitative estimate of drug-likeness (QED) is 0.398. The molecule has 23 heavy (non-hydrogen) atoms. The van der Waals surface area contributed by atoms with Gasteiger partial charge in [0, 0.05) is 12.5 Å². The zero-order chi connectivity index (χ0) is 17.6. The van der Waals surface area contributed by atoms with E-state index in [0.29, 0.717) is 6.42 Å². The topological polar surface area (TPSA) is 49.3 Å². The van der Waals surface area contributed by atoms with Crippen molar-refractivity contribution in [2.75, 3.05) is 0 Å². The van der Waals surface area contributed by atoms with Crippen LogP contribution in [0.1, 0.15) is 111 Å². The van der Waals surface area contributed by atoms with Crippen LogP contribution in [0.4, 0.5) is 0 Å². The number of amides is 1. The van der Waals surface area contributed by atoms with Crippen molar-refractivity contribution in [3.8, 4) is 0 Å². The summed E-state index contributed by atoms with van der Waals surface area (Å²) in [5, 5.41) is 12.9. The van der Waals surface area contributed by atoms with Crippen LogP contribution in [0.3, 0.4) is 0 Å². The summed E-state index contributed by atoms with van der Waals surface area (Å²) in [5.74, 6) is 0.176. The highest BCUT2D eigenvalue weighted by atomic mass is 16.3. The number of rotatable bonds is 15. The Bertz CT molecular complexity index is 284. The fourth-order valence-electron chi connectivity index (χ4n) is 2.80. The van der Waals surface area contributed by atoms with Gasteiger partial charge in [-0.1, -0.05) is 65.2 Å². The van der Waals surface area contributed by atoms with Crippen LogP contribution in [-0.4, -0.2) is 22.7 Å². The van der Waals surface area contributed by atoms with Crippen molar-refractivity contribution < 1.29 is 9.90 Å². The maximum atomic E-state index is 12.0. The number of carbonyl (C=O) groups excluding carboxylic acids is 1. The van der Waals surface area contributed by atoms with Crippen molar-refractivity contribution in [1.29, 1.82) is 0 Å². The third kappa shape index (κ3) is 16.1. The van der Waals surface area contributed by atoms with Crippen LogP contribution in [0, 0.1) is 0 Å². The molecular weight excluding hydrogens is 286 g/mol. The highest BCUT2D eigenvalue weighted by Gasteiger charge is 2.17. The van der Waals surface area contributed by atoms with E-state index < -0.39 is 5.60 Å². The van der Waals surface area contributed by atoms with E-state index in [4.69, 9.17) is 0 Å². The van der Waals surface area contributed by atoms with Crippen molar-refractivity contribution >= 4 is 5.91 Å². The molecular formula is C20H41NO2. The highest BCUT2D eigenvalue weighted by Crippen LogP contribution is 2.14. The van der Waals surface area contributed by atoms with Gasteiger partial charge >= 0.3 is 0 Å². The molecule has 3 nitrogen and oxygen atoms in total. The van der Waals surface area contributed by atoms with Crippen LogP contribution >= 0.6 is 0 Å². The first-order valence-corrected chi connectivity index (χ1v) is 9.90. The van der Waals surface area contributed by atoms with Crippen LogP contribution in [0.5, 0.6) is 0 Å². The molecule has 1 atom stereocenters. The van der Waals surface area contributed by atoms with Crippen LogP contribution in [0.15, 0.2) is 0 Å². The highest BCUT2D eigenvalue weighted by molar-refractivity contribution is 5.76. The first kappa shape index (κ1) is 22.4. The molecule has 0 aliphatic carbocycles. The molecule has 0 radical (unpaired) electrons. The van der Waals surface area contributed by atoms with Gasteiger partial charge in [-0.05, 0) is 39.5 Å². The Balaban J connectivity index is 3.57. The summed E-state index contributed by atoms with van der Waals surface area (Å²) in [7, 11) is 0. The fraction of sp³-hybridized carbons (Fsp3) is 0.950. The van der Waals surface area contributed by atoms with Crippen molar-refractivity contribution in [3.63, 3.8) is 0 Å². The molecule has 138 valence electrons. The van der Waals surface area contributed by atoms with Gasteiger partial charge in [0.25, 0.3) is 0 Å². The third-order valence-corrected chi connectivity index (χ3v) is 4.47. The van der Waals surface area contributed by atoms with E-state index in [1.807, 2.05) is 13.8 Å². The molecule has 0 saturated carbocycles. The Morgan fingerprint density at radius 3 is 1.96 bits per heavy atom. The second-order valence-electron chi connectivity index (χ2n) is 7.60. The third-order valence-electron chi connectivity index (χ3n) is 4.47. The number of carbonyl (C=O) groups is 1. The normalized spacial score (nSPS) is 13.1. The summed E-state index contributed by atoms with van der Waals surface area (Å²) < 4.78 is 0. The van der Waals surface area contributed by atoms with Gasteiger partial charge in [-0.2, -0.15) is 0 Å². The van der Waals surface area contributed by atoms with Gasteiger partial charge in [0.1, 0.15) is 0 Å². The van der Waals surface area contributed by atoms with Gasteiger partial charge in [-0.25, -0.2) is 0 Å². The largest absolute Gasteiger partial charge is 0.390 e. The lowest BCUT2D eigenvalue weighted by Gasteiger charge is -2.22. The van der Waals surface area contributed by atoms with Crippen LogP contribution in [0.25, 0.3) is 0 Å². The average molecular weight is 328 g/mol. The van der Waals surface area contributed by atoms with Gasteiger partial charge in [-0.15, -0.1) is 0 Å². The van der Waals surface area contributed by atoms with Gasteiger partial charge in [0.2, 0.25) is 5.91 Å². The number of hydrogen-bond acceptors (Lipinski definition) is 2. The van der Waals surface area contributed by atoms with E-state index in [1.54, 1.807) is 0 Å². The standard InChI is InChI=1S/C20H41NO2/c1-5-7-8-9-10-11-12-13-14-15-19(22)21-18(6-2)16-17-20(3,4)23/h18,23H,5-17H2,1-4H3,(H,21,22). The maximum absolute atomic E-state index is 12.0. The molecule has 0 aromatic carbocycles. The number of aliphatic hydroxyl groups is 1. The molecule has 3 heteroatoms. The van der Waals surface area contributed by atoms with Gasteiger partial charge in [0.05, 0.1) is 5.60 Å². The van der Waals surface area contributed by atoms with Crippen LogP contribution < -0.4 is 5.32 Å². The second-order valence-corrected chi connectivity index (χ2v) is 7.60. The molecule has 1 amide bonds. The zero-order valence-corrected chi connectivity index (χ0v) is 16.1. The Morgan fingerprint density at radius 1 is 0.957 bits per heavy atom. The number of hydrogen-bond donors (Lipinski definition) is 2. The first-order chi connectivity index (χ1) is 10.9. The summed E-state index contributed by atoms with van der Waals surface area (Å²) in [5.41, 5.74) is -0.644. The van der Waals surface area contributed by atoms with Gasteiger partial charge < -0.3 is 10.4 Å². The second kappa shape index (κ2) is 13.8. The molecule has 2 N–H and O–H groups in total. The predicted octanol–water partition coefficient (Wildman–Crippen LogP) is 5.35. The summed E-state index contributed by atoms with van der Waals surface area (Å²) in [6.07, 6.45) is 14.7.